The van der Waals surface area contributed by atoms with Crippen molar-refractivity contribution in [1.82, 2.24) is 4.90 Å². The summed E-state index contributed by atoms with van der Waals surface area (Å²) in [5.41, 5.74) is 1.07. The zero-order chi connectivity index (χ0) is 24.7. The maximum Gasteiger partial charge on any atom is 0.343 e. The van der Waals surface area contributed by atoms with Crippen LogP contribution in [0.2, 0.25) is 0 Å². The summed E-state index contributed by atoms with van der Waals surface area (Å²) in [4.78, 5) is 49.8. The second kappa shape index (κ2) is 11.2. The molecule has 1 N–H and O–H groups in total. The van der Waals surface area contributed by atoms with Crippen LogP contribution in [0, 0.1) is 0 Å². The zero-order valence-corrected chi connectivity index (χ0v) is 19.5. The number of thioether (sulfide) groups is 1. The third kappa shape index (κ3) is 6.07. The Kier molecular flexibility index (Phi) is 8.14. The number of rotatable bonds is 9. The minimum absolute atomic E-state index is 0.160. The molecule has 0 aliphatic carbocycles. The van der Waals surface area contributed by atoms with E-state index in [2.05, 4.69) is 10.1 Å². The molecule has 0 aromatic heterocycles. The number of esters is 1. The first-order chi connectivity index (χ1) is 16.3. The first-order valence-electron chi connectivity index (χ1n) is 9.91. The fourth-order valence-corrected chi connectivity index (χ4v) is 3.73. The van der Waals surface area contributed by atoms with E-state index in [1.54, 1.807) is 42.5 Å². The van der Waals surface area contributed by atoms with Gasteiger partial charge >= 0.3 is 5.97 Å². The Balaban J connectivity index is 1.67. The summed E-state index contributed by atoms with van der Waals surface area (Å²) < 4.78 is 20.2. The van der Waals surface area contributed by atoms with Crippen molar-refractivity contribution >= 4 is 46.5 Å². The molecular weight excluding hydrogens is 464 g/mol. The number of anilines is 1. The van der Waals surface area contributed by atoms with E-state index >= 15 is 0 Å². The van der Waals surface area contributed by atoms with Crippen LogP contribution >= 0.6 is 11.8 Å². The lowest BCUT2D eigenvalue weighted by Crippen LogP contribution is -2.36. The van der Waals surface area contributed by atoms with Gasteiger partial charge in [0, 0.05) is 5.69 Å². The molecule has 0 unspecified atom stereocenters. The van der Waals surface area contributed by atoms with Gasteiger partial charge in [-0.3, -0.25) is 19.3 Å². The SMILES string of the molecule is COC(=O)COc1ccc(/C=C2/SC(=O)N(CC(=O)Nc3ccc(OC)cc3)C2=O)cc1OC. The van der Waals surface area contributed by atoms with E-state index < -0.39 is 29.6 Å². The highest BCUT2D eigenvalue weighted by atomic mass is 32.2. The van der Waals surface area contributed by atoms with E-state index in [0.29, 0.717) is 28.5 Å². The highest BCUT2D eigenvalue weighted by Crippen LogP contribution is 2.34. The van der Waals surface area contributed by atoms with Gasteiger partial charge in [0.15, 0.2) is 18.1 Å². The molecule has 1 aliphatic rings. The molecule has 11 heteroatoms. The topological polar surface area (TPSA) is 120 Å². The van der Waals surface area contributed by atoms with Crippen LogP contribution in [0.25, 0.3) is 6.08 Å². The van der Waals surface area contributed by atoms with Gasteiger partial charge in [-0.25, -0.2) is 4.79 Å². The lowest BCUT2D eigenvalue weighted by atomic mass is 10.2. The molecule has 0 radical (unpaired) electrons. The van der Waals surface area contributed by atoms with Crippen molar-refractivity contribution in [2.24, 2.45) is 0 Å². The molecule has 34 heavy (non-hydrogen) atoms. The van der Waals surface area contributed by atoms with E-state index in [0.717, 1.165) is 16.7 Å². The standard InChI is InChI=1S/C23H22N2O8S/c1-30-16-7-5-15(6-8-16)24-20(26)12-25-22(28)19(34-23(25)29)11-14-4-9-17(18(10-14)31-2)33-13-21(27)32-3/h4-11H,12-13H2,1-3H3,(H,24,26)/b19-11+. The molecule has 0 atom stereocenters. The van der Waals surface area contributed by atoms with Gasteiger partial charge in [-0.15, -0.1) is 0 Å². The first-order valence-corrected chi connectivity index (χ1v) is 10.7. The Morgan fingerprint density at radius 2 is 1.74 bits per heavy atom. The van der Waals surface area contributed by atoms with Crippen LogP contribution in [0.3, 0.4) is 0 Å². The van der Waals surface area contributed by atoms with Crippen molar-refractivity contribution in [3.63, 3.8) is 0 Å². The molecule has 2 aromatic carbocycles. The average molecular weight is 487 g/mol. The first kappa shape index (κ1) is 24.6. The second-order valence-corrected chi connectivity index (χ2v) is 7.81. The summed E-state index contributed by atoms with van der Waals surface area (Å²) in [6, 6.07) is 11.5. The molecule has 3 rings (SSSR count). The van der Waals surface area contributed by atoms with Crippen LogP contribution in [0.5, 0.6) is 17.2 Å². The monoisotopic (exact) mass is 486 g/mol. The van der Waals surface area contributed by atoms with Crippen LogP contribution < -0.4 is 19.5 Å². The van der Waals surface area contributed by atoms with E-state index in [1.165, 1.54) is 27.4 Å². The van der Waals surface area contributed by atoms with Crippen LogP contribution in [-0.2, 0) is 19.1 Å². The maximum atomic E-state index is 12.7. The number of hydrogen-bond acceptors (Lipinski definition) is 9. The molecular formula is C23H22N2O8S. The molecule has 3 amide bonds. The number of hydrogen-bond donors (Lipinski definition) is 1. The number of nitrogens with zero attached hydrogens (tertiary/aromatic N) is 1. The number of amides is 3. The smallest absolute Gasteiger partial charge is 0.343 e. The Labute approximate surface area is 199 Å². The van der Waals surface area contributed by atoms with Crippen molar-refractivity contribution in [3.8, 4) is 17.2 Å². The molecule has 178 valence electrons. The molecule has 0 bridgehead atoms. The largest absolute Gasteiger partial charge is 0.497 e. The van der Waals surface area contributed by atoms with Gasteiger partial charge in [-0.1, -0.05) is 6.07 Å². The molecule has 2 aromatic rings. The van der Waals surface area contributed by atoms with Crippen molar-refractivity contribution < 1.29 is 38.1 Å². The molecule has 1 fully saturated rings. The Bertz CT molecular complexity index is 1130. The van der Waals surface area contributed by atoms with Gasteiger partial charge in [0.25, 0.3) is 11.1 Å². The summed E-state index contributed by atoms with van der Waals surface area (Å²) in [7, 11) is 4.21. The van der Waals surface area contributed by atoms with E-state index in [4.69, 9.17) is 14.2 Å². The number of imide groups is 1. The van der Waals surface area contributed by atoms with Crippen molar-refractivity contribution in [1.29, 1.82) is 0 Å². The number of nitrogens with one attached hydrogen (secondary N) is 1. The van der Waals surface area contributed by atoms with Crippen molar-refractivity contribution in [3.05, 3.63) is 52.9 Å². The normalized spacial score (nSPS) is 14.2. The van der Waals surface area contributed by atoms with Crippen LogP contribution in [-0.4, -0.2) is 62.4 Å². The second-order valence-electron chi connectivity index (χ2n) is 6.82. The fourth-order valence-electron chi connectivity index (χ4n) is 2.89. The minimum Gasteiger partial charge on any atom is -0.497 e. The van der Waals surface area contributed by atoms with Crippen LogP contribution in [0.15, 0.2) is 47.4 Å². The minimum atomic E-state index is -0.579. The number of methoxy groups -OCH3 is 3. The van der Waals surface area contributed by atoms with Crippen molar-refractivity contribution in [2.75, 3.05) is 39.8 Å². The van der Waals surface area contributed by atoms with Gasteiger partial charge in [0.2, 0.25) is 5.91 Å². The molecule has 1 aliphatic heterocycles. The predicted molar refractivity (Wildman–Crippen MR) is 125 cm³/mol. The number of carbonyl (C=O) groups is 4. The third-order valence-corrected chi connectivity index (χ3v) is 5.52. The lowest BCUT2D eigenvalue weighted by molar-refractivity contribution is -0.143. The summed E-state index contributed by atoms with van der Waals surface area (Å²) in [6.45, 7) is -0.707. The molecule has 0 spiro atoms. The van der Waals surface area contributed by atoms with E-state index in [1.807, 2.05) is 0 Å². The van der Waals surface area contributed by atoms with Crippen molar-refractivity contribution in [2.45, 2.75) is 0 Å². The summed E-state index contributed by atoms with van der Waals surface area (Å²) >= 11 is 0.733. The van der Waals surface area contributed by atoms with Crippen LogP contribution in [0.1, 0.15) is 5.56 Å². The highest BCUT2D eigenvalue weighted by molar-refractivity contribution is 8.18. The number of benzene rings is 2. The fraction of sp³-hybridized carbons (Fsp3) is 0.217. The number of carbonyl (C=O) groups excluding carboxylic acids is 4. The Morgan fingerprint density at radius 1 is 1.00 bits per heavy atom. The summed E-state index contributed by atoms with van der Waals surface area (Å²) in [6.07, 6.45) is 1.51. The van der Waals surface area contributed by atoms with E-state index in [-0.39, 0.29) is 11.5 Å². The number of ether oxygens (including phenoxy) is 4. The van der Waals surface area contributed by atoms with Gasteiger partial charge in [-0.2, -0.15) is 0 Å². The van der Waals surface area contributed by atoms with E-state index in [9.17, 15) is 19.2 Å². The van der Waals surface area contributed by atoms with Gasteiger partial charge in [0.1, 0.15) is 12.3 Å². The quantitative estimate of drug-likeness (QED) is 0.421. The molecule has 1 heterocycles. The van der Waals surface area contributed by atoms with Gasteiger partial charge in [0.05, 0.1) is 26.2 Å². The molecule has 1 saturated heterocycles. The third-order valence-electron chi connectivity index (χ3n) is 4.61. The average Bonchev–Trinajstić information content (AvgIpc) is 3.10. The molecule has 0 saturated carbocycles. The summed E-state index contributed by atoms with van der Waals surface area (Å²) in [5.74, 6) is -0.360. The maximum absolute atomic E-state index is 12.7. The lowest BCUT2D eigenvalue weighted by Gasteiger charge is -2.12. The zero-order valence-electron chi connectivity index (χ0n) is 18.7. The summed E-state index contributed by atoms with van der Waals surface area (Å²) in [5, 5.41) is 2.09. The Hall–Kier alpha value is -3.99. The Morgan fingerprint density at radius 3 is 2.38 bits per heavy atom. The highest BCUT2D eigenvalue weighted by Gasteiger charge is 2.36. The predicted octanol–water partition coefficient (Wildman–Crippen LogP) is 2.93. The van der Waals surface area contributed by atoms with Crippen LogP contribution in [0.4, 0.5) is 10.5 Å². The van der Waals surface area contributed by atoms with Gasteiger partial charge in [-0.05, 0) is 59.8 Å². The molecule has 10 nitrogen and oxygen atoms in total. The van der Waals surface area contributed by atoms with Gasteiger partial charge < -0.3 is 24.3 Å².